The highest BCUT2D eigenvalue weighted by molar-refractivity contribution is 7.91. The van der Waals surface area contributed by atoms with Gasteiger partial charge in [0.05, 0.1) is 27.0 Å². The molecule has 1 amide bonds. The van der Waals surface area contributed by atoms with Gasteiger partial charge >= 0.3 is 0 Å². The van der Waals surface area contributed by atoms with Crippen molar-refractivity contribution in [2.45, 2.75) is 19.0 Å². The van der Waals surface area contributed by atoms with Crippen molar-refractivity contribution in [3.05, 3.63) is 74.5 Å². The summed E-state index contributed by atoms with van der Waals surface area (Å²) < 4.78 is 37.0. The summed E-state index contributed by atoms with van der Waals surface area (Å²) >= 11 is 6.09. The zero-order valence-corrected chi connectivity index (χ0v) is 16.1. The predicted octanol–water partition coefficient (Wildman–Crippen LogP) is 3.22. The molecule has 0 spiro atoms. The molecule has 0 N–H and O–H groups in total. The van der Waals surface area contributed by atoms with E-state index < -0.39 is 32.5 Å². The Balaban J connectivity index is 1.98. The molecular weight excluding hydrogens is 411 g/mol. The molecule has 7 nitrogen and oxygen atoms in total. The van der Waals surface area contributed by atoms with Gasteiger partial charge in [-0.1, -0.05) is 23.7 Å². The van der Waals surface area contributed by atoms with Crippen molar-refractivity contribution in [2.75, 3.05) is 11.5 Å². The van der Waals surface area contributed by atoms with E-state index in [1.807, 2.05) is 0 Å². The summed E-state index contributed by atoms with van der Waals surface area (Å²) in [6.07, 6.45) is 0.252. The molecule has 1 heterocycles. The average Bonchev–Trinajstić information content (AvgIpc) is 3.00. The van der Waals surface area contributed by atoms with Gasteiger partial charge in [0.15, 0.2) is 9.84 Å². The Morgan fingerprint density at radius 3 is 2.50 bits per heavy atom. The van der Waals surface area contributed by atoms with E-state index in [0.717, 1.165) is 6.07 Å². The van der Waals surface area contributed by atoms with Crippen LogP contribution in [0.4, 0.5) is 10.1 Å². The lowest BCUT2D eigenvalue weighted by atomic mass is 10.1. The first-order valence-corrected chi connectivity index (χ1v) is 10.6. The van der Waals surface area contributed by atoms with Crippen molar-refractivity contribution < 1.29 is 22.5 Å². The van der Waals surface area contributed by atoms with Crippen LogP contribution in [0.1, 0.15) is 22.3 Å². The summed E-state index contributed by atoms with van der Waals surface area (Å²) in [4.78, 5) is 24.9. The van der Waals surface area contributed by atoms with Crippen molar-refractivity contribution in [3.8, 4) is 0 Å². The first kappa shape index (κ1) is 20.2. The molecule has 2 aromatic carbocycles. The Hall–Kier alpha value is -2.52. The van der Waals surface area contributed by atoms with Gasteiger partial charge in [-0.25, -0.2) is 12.8 Å². The monoisotopic (exact) mass is 426 g/mol. The van der Waals surface area contributed by atoms with Gasteiger partial charge < -0.3 is 4.90 Å². The summed E-state index contributed by atoms with van der Waals surface area (Å²) in [6.45, 7) is 0.0261. The Morgan fingerprint density at radius 1 is 1.25 bits per heavy atom. The molecule has 1 fully saturated rings. The van der Waals surface area contributed by atoms with Gasteiger partial charge in [0, 0.05) is 24.7 Å². The summed E-state index contributed by atoms with van der Waals surface area (Å²) in [5.74, 6) is -1.30. The van der Waals surface area contributed by atoms with Gasteiger partial charge in [-0.05, 0) is 30.2 Å². The fourth-order valence-corrected chi connectivity index (χ4v) is 5.05. The molecular formula is C18H16ClFN2O5S. The zero-order valence-electron chi connectivity index (χ0n) is 14.5. The third-order valence-electron chi connectivity index (χ3n) is 4.57. The number of nitro groups is 1. The number of hydrogen-bond acceptors (Lipinski definition) is 5. The molecule has 1 unspecified atom stereocenters. The maximum absolute atomic E-state index is 13.2. The lowest BCUT2D eigenvalue weighted by Gasteiger charge is -2.29. The Kier molecular flexibility index (Phi) is 5.66. The van der Waals surface area contributed by atoms with Gasteiger partial charge in [-0.2, -0.15) is 0 Å². The summed E-state index contributed by atoms with van der Waals surface area (Å²) in [5.41, 5.74) is 0.219. The molecule has 1 aliphatic rings. The van der Waals surface area contributed by atoms with E-state index >= 15 is 0 Å². The number of benzene rings is 2. The summed E-state index contributed by atoms with van der Waals surface area (Å²) in [6, 6.07) is 8.39. The molecule has 0 radical (unpaired) electrons. The van der Waals surface area contributed by atoms with Crippen molar-refractivity contribution >= 4 is 33.0 Å². The van der Waals surface area contributed by atoms with E-state index in [2.05, 4.69) is 0 Å². The topological polar surface area (TPSA) is 97.6 Å². The van der Waals surface area contributed by atoms with Gasteiger partial charge in [-0.15, -0.1) is 0 Å². The molecule has 10 heteroatoms. The van der Waals surface area contributed by atoms with Crippen molar-refractivity contribution in [3.63, 3.8) is 0 Å². The quantitative estimate of drug-likeness (QED) is 0.540. The van der Waals surface area contributed by atoms with Crippen LogP contribution < -0.4 is 0 Å². The van der Waals surface area contributed by atoms with E-state index in [1.165, 1.54) is 41.3 Å². The maximum atomic E-state index is 13.2. The maximum Gasteiger partial charge on any atom is 0.270 e. The van der Waals surface area contributed by atoms with Crippen LogP contribution in [0, 0.1) is 15.9 Å². The van der Waals surface area contributed by atoms with Crippen LogP contribution >= 0.6 is 11.6 Å². The number of non-ortho nitro benzene ring substituents is 1. The molecule has 1 aliphatic heterocycles. The number of carbonyl (C=O) groups is 1. The normalized spacial score (nSPS) is 18.0. The molecule has 0 saturated carbocycles. The first-order valence-electron chi connectivity index (χ1n) is 8.36. The molecule has 0 bridgehead atoms. The van der Waals surface area contributed by atoms with E-state index in [1.54, 1.807) is 0 Å². The number of rotatable bonds is 5. The van der Waals surface area contributed by atoms with Gasteiger partial charge in [0.1, 0.15) is 5.82 Å². The number of amides is 1. The highest BCUT2D eigenvalue weighted by Crippen LogP contribution is 2.27. The summed E-state index contributed by atoms with van der Waals surface area (Å²) in [7, 11) is -3.28. The number of nitrogens with zero attached hydrogens (tertiary/aromatic N) is 2. The van der Waals surface area contributed by atoms with Crippen LogP contribution in [-0.2, 0) is 16.4 Å². The lowest BCUT2D eigenvalue weighted by Crippen LogP contribution is -2.40. The standard InChI is InChI=1S/C18H16ClFN2O5S/c19-17-6-5-14(22(24)25)9-16(17)18(23)21(15-7-8-28(26,27)11-15)10-12-1-3-13(20)4-2-12/h1-6,9,15H,7-8,10-11H2. The highest BCUT2D eigenvalue weighted by Gasteiger charge is 2.36. The van der Waals surface area contributed by atoms with Gasteiger partial charge in [-0.3, -0.25) is 14.9 Å². The zero-order chi connectivity index (χ0) is 20.5. The van der Waals surface area contributed by atoms with E-state index in [-0.39, 0.29) is 40.7 Å². The lowest BCUT2D eigenvalue weighted by molar-refractivity contribution is -0.384. The molecule has 1 saturated heterocycles. The van der Waals surface area contributed by atoms with Gasteiger partial charge in [0.2, 0.25) is 0 Å². The van der Waals surface area contributed by atoms with Crippen LogP contribution in [0.3, 0.4) is 0 Å². The SMILES string of the molecule is O=C(c1cc([N+](=O)[O-])ccc1Cl)N(Cc1ccc(F)cc1)C1CCS(=O)(=O)C1. The van der Waals surface area contributed by atoms with Crippen molar-refractivity contribution in [1.82, 2.24) is 4.90 Å². The largest absolute Gasteiger partial charge is 0.330 e. The molecule has 148 valence electrons. The van der Waals surface area contributed by atoms with Crippen LogP contribution in [0.2, 0.25) is 5.02 Å². The minimum atomic E-state index is -3.28. The highest BCUT2D eigenvalue weighted by atomic mass is 35.5. The Morgan fingerprint density at radius 2 is 1.93 bits per heavy atom. The molecule has 2 aromatic rings. The Labute approximate surface area is 165 Å². The average molecular weight is 427 g/mol. The molecule has 0 aromatic heterocycles. The second-order valence-corrected chi connectivity index (χ2v) is 9.17. The third kappa shape index (κ3) is 4.48. The summed E-state index contributed by atoms with van der Waals surface area (Å²) in [5, 5.41) is 11.1. The Bertz CT molecular complexity index is 1030. The number of hydrogen-bond donors (Lipinski definition) is 0. The predicted molar refractivity (Wildman–Crippen MR) is 101 cm³/mol. The number of nitro benzene ring substituents is 1. The smallest absolute Gasteiger partial charge is 0.270 e. The first-order chi connectivity index (χ1) is 13.2. The van der Waals surface area contributed by atoms with E-state index in [9.17, 15) is 27.7 Å². The fraction of sp³-hybridized carbons (Fsp3) is 0.278. The second-order valence-electron chi connectivity index (χ2n) is 6.54. The number of sulfone groups is 1. The van der Waals surface area contributed by atoms with E-state index in [4.69, 9.17) is 11.6 Å². The second kappa shape index (κ2) is 7.84. The molecule has 0 aliphatic carbocycles. The molecule has 3 rings (SSSR count). The molecule has 1 atom stereocenters. The van der Waals surface area contributed by atoms with Crippen LogP contribution in [-0.4, -0.2) is 41.7 Å². The van der Waals surface area contributed by atoms with Crippen LogP contribution in [0.5, 0.6) is 0 Å². The van der Waals surface area contributed by atoms with Crippen molar-refractivity contribution in [1.29, 1.82) is 0 Å². The molecule has 28 heavy (non-hydrogen) atoms. The minimum absolute atomic E-state index is 0.0261. The van der Waals surface area contributed by atoms with Crippen molar-refractivity contribution in [2.24, 2.45) is 0 Å². The minimum Gasteiger partial charge on any atom is -0.330 e. The van der Waals surface area contributed by atoms with Gasteiger partial charge in [0.25, 0.3) is 11.6 Å². The van der Waals surface area contributed by atoms with Crippen LogP contribution in [0.25, 0.3) is 0 Å². The van der Waals surface area contributed by atoms with E-state index in [0.29, 0.717) is 5.56 Å². The fourth-order valence-electron chi connectivity index (χ4n) is 3.12. The van der Waals surface area contributed by atoms with Crippen LogP contribution in [0.15, 0.2) is 42.5 Å². The third-order valence-corrected chi connectivity index (χ3v) is 6.65. The number of halogens is 2. The number of carbonyl (C=O) groups excluding carboxylic acids is 1.